The average molecular weight is 665 g/mol. The Morgan fingerprint density at radius 2 is 1.79 bits per heavy atom. The first-order valence-corrected chi connectivity index (χ1v) is 14.7. The Kier molecular flexibility index (Phi) is 8.38. The largest absolute Gasteiger partial charge is 0.496 e. The molecule has 0 saturated carbocycles. The standard InChI is InChI=1S/C32H31BrClN5O4/c1-32(37-2,31(36)42)24-17-39(29(40)18-7-10-20(35)11-8-18)27-15-19(34)9-13-26(27)38(30(24)41)16-23-21-5-4-6-25(33)22(21)12-14-28(23)43-3/h4-15,24,37H,16-17,35H2,1-3H3,(H2,36,42)/t24-,32?/m1/s1. The molecule has 0 aliphatic carbocycles. The summed E-state index contributed by atoms with van der Waals surface area (Å²) in [6, 6.07) is 21.1. The van der Waals surface area contributed by atoms with Crippen molar-refractivity contribution in [2.24, 2.45) is 11.7 Å². The molecule has 1 heterocycles. The van der Waals surface area contributed by atoms with Crippen molar-refractivity contribution in [3.8, 4) is 5.75 Å². The van der Waals surface area contributed by atoms with Crippen molar-refractivity contribution in [3.63, 3.8) is 0 Å². The van der Waals surface area contributed by atoms with Crippen LogP contribution in [-0.2, 0) is 16.1 Å². The van der Waals surface area contributed by atoms with Crippen LogP contribution in [0.3, 0.4) is 0 Å². The maximum Gasteiger partial charge on any atom is 0.258 e. The van der Waals surface area contributed by atoms with Gasteiger partial charge in [-0.1, -0.05) is 39.7 Å². The third-order valence-corrected chi connectivity index (χ3v) is 9.12. The van der Waals surface area contributed by atoms with Gasteiger partial charge in [-0.2, -0.15) is 0 Å². The van der Waals surface area contributed by atoms with Gasteiger partial charge in [0, 0.05) is 32.9 Å². The fourth-order valence-electron chi connectivity index (χ4n) is 5.52. The number of ether oxygens (including phenoxy) is 1. The fraction of sp³-hybridized carbons (Fsp3) is 0.219. The molecular weight excluding hydrogens is 634 g/mol. The number of likely N-dealkylation sites (N-methyl/N-ethyl adjacent to an activating group) is 1. The van der Waals surface area contributed by atoms with Crippen molar-refractivity contribution in [1.29, 1.82) is 0 Å². The van der Waals surface area contributed by atoms with Gasteiger partial charge in [-0.25, -0.2) is 0 Å². The van der Waals surface area contributed by atoms with Crippen molar-refractivity contribution >= 4 is 73.1 Å². The van der Waals surface area contributed by atoms with Gasteiger partial charge in [0.15, 0.2) is 0 Å². The van der Waals surface area contributed by atoms with Gasteiger partial charge >= 0.3 is 0 Å². The topological polar surface area (TPSA) is 131 Å². The summed E-state index contributed by atoms with van der Waals surface area (Å²) in [7, 11) is 3.14. The van der Waals surface area contributed by atoms with Crippen LogP contribution in [0.25, 0.3) is 10.8 Å². The molecule has 1 aliphatic rings. The molecule has 5 rings (SSSR count). The Labute approximate surface area is 262 Å². The number of methoxy groups -OCH3 is 1. The summed E-state index contributed by atoms with van der Waals surface area (Å²) in [5.41, 5.74) is 12.7. The van der Waals surface area contributed by atoms with E-state index in [9.17, 15) is 14.4 Å². The van der Waals surface area contributed by atoms with Gasteiger partial charge in [0.05, 0.1) is 30.9 Å². The Balaban J connectivity index is 1.76. The predicted molar refractivity (Wildman–Crippen MR) is 174 cm³/mol. The molecule has 0 fully saturated rings. The van der Waals surface area contributed by atoms with Crippen LogP contribution in [-0.4, -0.2) is 44.0 Å². The minimum Gasteiger partial charge on any atom is -0.496 e. The normalized spacial score (nSPS) is 16.4. The number of hydrogen-bond donors (Lipinski definition) is 3. The second-order valence-electron chi connectivity index (χ2n) is 10.5. The third kappa shape index (κ3) is 5.42. The minimum atomic E-state index is -1.51. The lowest BCUT2D eigenvalue weighted by Crippen LogP contribution is -2.63. The van der Waals surface area contributed by atoms with E-state index in [1.165, 1.54) is 4.90 Å². The van der Waals surface area contributed by atoms with E-state index in [4.69, 9.17) is 27.8 Å². The molecule has 0 bridgehead atoms. The summed E-state index contributed by atoms with van der Waals surface area (Å²) < 4.78 is 6.64. The van der Waals surface area contributed by atoms with Crippen molar-refractivity contribution < 1.29 is 19.1 Å². The highest BCUT2D eigenvalue weighted by Crippen LogP contribution is 2.42. The Bertz CT molecular complexity index is 1750. The summed E-state index contributed by atoms with van der Waals surface area (Å²) in [6.07, 6.45) is 0. The van der Waals surface area contributed by atoms with E-state index in [0.29, 0.717) is 33.4 Å². The molecule has 43 heavy (non-hydrogen) atoms. The fourth-order valence-corrected chi connectivity index (χ4v) is 6.18. The molecule has 5 N–H and O–H groups in total. The first-order valence-electron chi connectivity index (χ1n) is 13.5. The van der Waals surface area contributed by atoms with Gasteiger partial charge in [-0.3, -0.25) is 14.4 Å². The van der Waals surface area contributed by atoms with Gasteiger partial charge in [0.1, 0.15) is 11.3 Å². The maximum atomic E-state index is 14.7. The van der Waals surface area contributed by atoms with Crippen molar-refractivity contribution in [2.75, 3.05) is 36.2 Å². The lowest BCUT2D eigenvalue weighted by molar-refractivity contribution is -0.133. The molecule has 1 unspecified atom stereocenters. The van der Waals surface area contributed by atoms with Gasteiger partial charge in [-0.15, -0.1) is 0 Å². The zero-order valence-electron chi connectivity index (χ0n) is 23.9. The number of carbonyl (C=O) groups excluding carboxylic acids is 3. The molecule has 222 valence electrons. The van der Waals surface area contributed by atoms with E-state index >= 15 is 0 Å². The highest BCUT2D eigenvalue weighted by Gasteiger charge is 2.49. The summed E-state index contributed by atoms with van der Waals surface area (Å²) in [5, 5.41) is 5.14. The highest BCUT2D eigenvalue weighted by molar-refractivity contribution is 9.10. The van der Waals surface area contributed by atoms with Crippen LogP contribution in [0.1, 0.15) is 22.8 Å². The number of nitrogens with zero attached hydrogens (tertiary/aromatic N) is 2. The Morgan fingerprint density at radius 3 is 2.44 bits per heavy atom. The number of fused-ring (bicyclic) bond motifs is 2. The number of benzene rings is 4. The quantitative estimate of drug-likeness (QED) is 0.235. The summed E-state index contributed by atoms with van der Waals surface area (Å²) in [6.45, 7) is 1.49. The SMILES string of the molecule is CNC(C)(C(N)=O)[C@@H]1CN(C(=O)c2ccc(N)cc2)c2cc(Cl)ccc2N(Cc2c(OC)ccc3c(Br)cccc23)C1=O. The predicted octanol–water partition coefficient (Wildman–Crippen LogP) is 5.12. The monoisotopic (exact) mass is 663 g/mol. The average Bonchev–Trinajstić information content (AvgIpc) is 3.11. The minimum absolute atomic E-state index is 0.0728. The maximum absolute atomic E-state index is 14.7. The van der Waals surface area contributed by atoms with E-state index in [2.05, 4.69) is 21.2 Å². The van der Waals surface area contributed by atoms with Gasteiger partial charge in [-0.05, 0) is 85.4 Å². The van der Waals surface area contributed by atoms with Crippen molar-refractivity contribution in [1.82, 2.24) is 5.32 Å². The van der Waals surface area contributed by atoms with E-state index in [-0.39, 0.29) is 13.1 Å². The van der Waals surface area contributed by atoms with Crippen LogP contribution >= 0.6 is 27.5 Å². The molecule has 0 saturated heterocycles. The number of anilines is 3. The van der Waals surface area contributed by atoms with Crippen LogP contribution < -0.4 is 31.3 Å². The molecule has 0 spiro atoms. The molecule has 0 aromatic heterocycles. The third-order valence-electron chi connectivity index (χ3n) is 8.19. The molecular formula is C32H31BrClN5O4. The first-order chi connectivity index (χ1) is 20.5. The molecule has 1 aliphatic heterocycles. The lowest BCUT2D eigenvalue weighted by Gasteiger charge is -2.36. The summed E-state index contributed by atoms with van der Waals surface area (Å²) >= 11 is 10.1. The number of amides is 3. The van der Waals surface area contributed by atoms with Crippen LogP contribution in [0.4, 0.5) is 17.1 Å². The van der Waals surface area contributed by atoms with Gasteiger partial charge in [0.2, 0.25) is 11.8 Å². The molecule has 4 aromatic carbocycles. The number of carbonyl (C=O) groups is 3. The van der Waals surface area contributed by atoms with Gasteiger partial charge < -0.3 is 31.3 Å². The molecule has 0 radical (unpaired) electrons. The number of hydrogen-bond acceptors (Lipinski definition) is 6. The summed E-state index contributed by atoms with van der Waals surface area (Å²) in [4.78, 5) is 44.8. The number of rotatable bonds is 7. The molecule has 4 aromatic rings. The number of primary amides is 1. The molecule has 9 nitrogen and oxygen atoms in total. The van der Waals surface area contributed by atoms with E-state index in [1.54, 1.807) is 68.4 Å². The molecule has 2 atom stereocenters. The van der Waals surface area contributed by atoms with Crippen molar-refractivity contribution in [3.05, 3.63) is 93.4 Å². The lowest BCUT2D eigenvalue weighted by atomic mass is 9.83. The van der Waals surface area contributed by atoms with Crippen molar-refractivity contribution in [2.45, 2.75) is 19.0 Å². The van der Waals surface area contributed by atoms with Gasteiger partial charge in [0.25, 0.3) is 5.91 Å². The highest BCUT2D eigenvalue weighted by atomic mass is 79.9. The zero-order chi connectivity index (χ0) is 31.1. The second-order valence-corrected chi connectivity index (χ2v) is 11.8. The van der Waals surface area contributed by atoms with Crippen LogP contribution in [0.5, 0.6) is 5.75 Å². The first kappa shape index (κ1) is 30.3. The number of nitrogen functional groups attached to an aromatic ring is 1. The van der Waals surface area contributed by atoms with Crippen LogP contribution in [0.15, 0.2) is 77.3 Å². The number of halogens is 2. The number of nitrogens with two attached hydrogens (primary N) is 2. The molecule has 11 heteroatoms. The number of nitrogens with one attached hydrogen (secondary N) is 1. The summed E-state index contributed by atoms with van der Waals surface area (Å²) in [5.74, 6) is -2.02. The van der Waals surface area contributed by atoms with E-state index in [0.717, 1.165) is 20.8 Å². The van der Waals surface area contributed by atoms with Crippen LogP contribution in [0.2, 0.25) is 5.02 Å². The Morgan fingerprint density at radius 1 is 1.07 bits per heavy atom. The Hall–Kier alpha value is -4.12. The zero-order valence-corrected chi connectivity index (χ0v) is 26.2. The molecule has 3 amide bonds. The second kappa shape index (κ2) is 11.9. The van der Waals surface area contributed by atoms with E-state index in [1.807, 2.05) is 30.3 Å². The smallest absolute Gasteiger partial charge is 0.258 e. The van der Waals surface area contributed by atoms with Crippen LogP contribution in [0, 0.1) is 5.92 Å². The van der Waals surface area contributed by atoms with E-state index < -0.39 is 29.2 Å².